The largest absolute Gasteiger partial charge is 0.434 e. The molecule has 3 atom stereocenters. The molecular weight excluding hydrogens is 232 g/mol. The van der Waals surface area contributed by atoms with E-state index in [-0.39, 0.29) is 11.9 Å². The monoisotopic (exact) mass is 255 g/mol. The molecule has 1 heterocycles. The standard InChI is InChI=1S/C13H23O3Si/c1-4-5-6-11-10-7-8-13(9-10,15-12(11)14)16-17(2)3/h10-11H,4-9H2,1-3H3. The predicted molar refractivity (Wildman–Crippen MR) is 67.7 cm³/mol. The van der Waals surface area contributed by atoms with Crippen LogP contribution >= 0.6 is 0 Å². The minimum atomic E-state index is -0.811. The first-order valence-corrected chi connectivity index (χ1v) is 9.19. The van der Waals surface area contributed by atoms with Crippen molar-refractivity contribution in [3.8, 4) is 0 Å². The molecule has 0 aromatic rings. The van der Waals surface area contributed by atoms with E-state index in [0.29, 0.717) is 5.92 Å². The summed E-state index contributed by atoms with van der Waals surface area (Å²) in [7, 11) is -0.811. The second kappa shape index (κ2) is 5.10. The minimum absolute atomic E-state index is 0.00421. The molecular formula is C13H23O3Si. The Balaban J connectivity index is 2.01. The summed E-state index contributed by atoms with van der Waals surface area (Å²) < 4.78 is 11.6. The van der Waals surface area contributed by atoms with Gasteiger partial charge in [0.05, 0.1) is 5.92 Å². The quantitative estimate of drug-likeness (QED) is 0.559. The van der Waals surface area contributed by atoms with Gasteiger partial charge in [0.15, 0.2) is 0 Å². The van der Waals surface area contributed by atoms with Crippen LogP contribution in [0.3, 0.4) is 0 Å². The number of carbonyl (C=O) groups excluding carboxylic acids is 1. The van der Waals surface area contributed by atoms with Crippen LogP contribution in [-0.2, 0) is 14.0 Å². The fourth-order valence-electron chi connectivity index (χ4n) is 3.16. The number of rotatable bonds is 5. The molecule has 3 unspecified atom stereocenters. The number of esters is 1. The van der Waals surface area contributed by atoms with E-state index in [1.807, 2.05) is 0 Å². The Bertz CT molecular complexity index is 292. The lowest BCUT2D eigenvalue weighted by Gasteiger charge is -2.37. The van der Waals surface area contributed by atoms with E-state index in [1.54, 1.807) is 0 Å². The van der Waals surface area contributed by atoms with Gasteiger partial charge in [-0.2, -0.15) is 0 Å². The molecule has 1 saturated carbocycles. The van der Waals surface area contributed by atoms with Crippen molar-refractivity contribution in [2.45, 2.75) is 64.3 Å². The predicted octanol–water partition coefficient (Wildman–Crippen LogP) is 3.11. The van der Waals surface area contributed by atoms with E-state index < -0.39 is 14.8 Å². The van der Waals surface area contributed by atoms with Crippen LogP contribution in [0.4, 0.5) is 0 Å². The van der Waals surface area contributed by atoms with Crippen LogP contribution in [0.25, 0.3) is 0 Å². The van der Waals surface area contributed by atoms with E-state index >= 15 is 0 Å². The Morgan fingerprint density at radius 3 is 2.94 bits per heavy atom. The third kappa shape index (κ3) is 2.73. The summed E-state index contributed by atoms with van der Waals surface area (Å²) in [6.07, 6.45) is 6.20. The lowest BCUT2D eigenvalue weighted by Crippen LogP contribution is -2.45. The van der Waals surface area contributed by atoms with Gasteiger partial charge >= 0.3 is 5.97 Å². The van der Waals surface area contributed by atoms with Crippen molar-refractivity contribution in [2.75, 3.05) is 0 Å². The third-order valence-corrected chi connectivity index (χ3v) is 4.67. The molecule has 17 heavy (non-hydrogen) atoms. The van der Waals surface area contributed by atoms with Crippen LogP contribution in [0.5, 0.6) is 0 Å². The Morgan fingerprint density at radius 2 is 2.29 bits per heavy atom. The van der Waals surface area contributed by atoms with E-state index in [9.17, 15) is 4.79 Å². The van der Waals surface area contributed by atoms with Gasteiger partial charge in [0, 0.05) is 12.8 Å². The highest BCUT2D eigenvalue weighted by Gasteiger charge is 2.53. The molecule has 3 nitrogen and oxygen atoms in total. The summed E-state index contributed by atoms with van der Waals surface area (Å²) in [5.74, 6) is 0.0978. The zero-order valence-electron chi connectivity index (χ0n) is 11.1. The van der Waals surface area contributed by atoms with Crippen LogP contribution in [-0.4, -0.2) is 20.8 Å². The first-order valence-electron chi connectivity index (χ1n) is 6.78. The summed E-state index contributed by atoms with van der Waals surface area (Å²) in [6.45, 7) is 6.37. The summed E-state index contributed by atoms with van der Waals surface area (Å²) in [4.78, 5) is 12.1. The highest BCUT2D eigenvalue weighted by molar-refractivity contribution is 6.48. The Hall–Kier alpha value is -0.353. The summed E-state index contributed by atoms with van der Waals surface area (Å²) in [6, 6.07) is 0. The van der Waals surface area contributed by atoms with Crippen LogP contribution in [0.1, 0.15) is 45.4 Å². The normalized spacial score (nSPS) is 36.4. The number of carbonyl (C=O) groups is 1. The Labute approximate surface area is 106 Å². The van der Waals surface area contributed by atoms with E-state index in [0.717, 1.165) is 38.5 Å². The molecule has 1 aliphatic heterocycles. The van der Waals surface area contributed by atoms with Gasteiger partial charge in [0.2, 0.25) is 14.8 Å². The molecule has 2 bridgehead atoms. The van der Waals surface area contributed by atoms with Gasteiger partial charge in [-0.15, -0.1) is 0 Å². The number of fused-ring (bicyclic) bond motifs is 2. The molecule has 0 amide bonds. The van der Waals surface area contributed by atoms with Gasteiger partial charge in [-0.25, -0.2) is 0 Å². The average molecular weight is 255 g/mol. The smallest absolute Gasteiger partial charge is 0.311 e. The Morgan fingerprint density at radius 1 is 1.53 bits per heavy atom. The van der Waals surface area contributed by atoms with Gasteiger partial charge in [0.1, 0.15) is 0 Å². The molecule has 2 aliphatic rings. The van der Waals surface area contributed by atoms with Crippen LogP contribution in [0, 0.1) is 11.8 Å². The molecule has 0 N–H and O–H groups in total. The zero-order chi connectivity index (χ0) is 12.5. The molecule has 0 aromatic carbocycles. The number of unbranched alkanes of at least 4 members (excludes halogenated alkanes) is 1. The minimum Gasteiger partial charge on any atom is -0.434 e. The molecule has 4 heteroatoms. The van der Waals surface area contributed by atoms with Crippen LogP contribution < -0.4 is 0 Å². The molecule has 1 radical (unpaired) electrons. The highest BCUT2D eigenvalue weighted by atomic mass is 28.3. The van der Waals surface area contributed by atoms with Gasteiger partial charge in [0.25, 0.3) is 0 Å². The maximum atomic E-state index is 12.1. The second-order valence-electron chi connectivity index (χ2n) is 5.59. The fourth-order valence-corrected chi connectivity index (χ4v) is 4.13. The average Bonchev–Trinajstić information content (AvgIpc) is 2.56. The first-order chi connectivity index (χ1) is 8.06. The third-order valence-electron chi connectivity index (χ3n) is 3.89. The van der Waals surface area contributed by atoms with Crippen molar-refractivity contribution in [3.05, 3.63) is 0 Å². The van der Waals surface area contributed by atoms with E-state index in [4.69, 9.17) is 9.16 Å². The molecule has 0 spiro atoms. The molecule has 1 aliphatic carbocycles. The number of ether oxygens (including phenoxy) is 1. The zero-order valence-corrected chi connectivity index (χ0v) is 12.1. The summed E-state index contributed by atoms with van der Waals surface area (Å²) >= 11 is 0. The van der Waals surface area contributed by atoms with Crippen molar-refractivity contribution in [1.82, 2.24) is 0 Å². The van der Waals surface area contributed by atoms with E-state index in [2.05, 4.69) is 20.0 Å². The molecule has 0 aromatic heterocycles. The number of hydrogen-bond donors (Lipinski definition) is 0. The molecule has 2 fully saturated rings. The van der Waals surface area contributed by atoms with Gasteiger partial charge in [-0.05, 0) is 31.9 Å². The lowest BCUT2D eigenvalue weighted by molar-refractivity contribution is -0.214. The first kappa shape index (κ1) is 13.1. The van der Waals surface area contributed by atoms with Crippen molar-refractivity contribution in [3.63, 3.8) is 0 Å². The number of hydrogen-bond acceptors (Lipinski definition) is 3. The summed E-state index contributed by atoms with van der Waals surface area (Å²) in [5, 5.41) is 0. The Kier molecular flexibility index (Phi) is 3.93. The van der Waals surface area contributed by atoms with Gasteiger partial charge in [-0.1, -0.05) is 19.8 Å². The maximum absolute atomic E-state index is 12.1. The highest BCUT2D eigenvalue weighted by Crippen LogP contribution is 2.48. The van der Waals surface area contributed by atoms with Crippen LogP contribution in [0.15, 0.2) is 0 Å². The van der Waals surface area contributed by atoms with Gasteiger partial charge < -0.3 is 9.16 Å². The maximum Gasteiger partial charge on any atom is 0.311 e. The fraction of sp³-hybridized carbons (Fsp3) is 0.923. The SMILES string of the molecule is CCCCC1C(=O)OC2(O[Si](C)C)CCC1C2. The van der Waals surface area contributed by atoms with Crippen LogP contribution in [0.2, 0.25) is 13.1 Å². The summed E-state index contributed by atoms with van der Waals surface area (Å²) in [5.41, 5.74) is 0. The van der Waals surface area contributed by atoms with Crippen molar-refractivity contribution in [1.29, 1.82) is 0 Å². The van der Waals surface area contributed by atoms with Crippen molar-refractivity contribution >= 4 is 15.0 Å². The topological polar surface area (TPSA) is 35.5 Å². The molecule has 1 saturated heterocycles. The second-order valence-corrected chi connectivity index (χ2v) is 7.61. The van der Waals surface area contributed by atoms with Crippen molar-refractivity contribution < 1.29 is 14.0 Å². The van der Waals surface area contributed by atoms with Gasteiger partial charge in [-0.3, -0.25) is 4.79 Å². The molecule has 2 rings (SSSR count). The lowest BCUT2D eigenvalue weighted by atomic mass is 9.85. The van der Waals surface area contributed by atoms with E-state index in [1.165, 1.54) is 0 Å². The molecule has 97 valence electrons. The van der Waals surface area contributed by atoms with Crippen molar-refractivity contribution in [2.24, 2.45) is 11.8 Å².